The van der Waals surface area contributed by atoms with Crippen LogP contribution in [0.4, 0.5) is 5.69 Å². The third-order valence-corrected chi connectivity index (χ3v) is 5.02. The Hall–Kier alpha value is -3.28. The summed E-state index contributed by atoms with van der Waals surface area (Å²) in [4.78, 5) is 25.9. The van der Waals surface area contributed by atoms with E-state index in [0.717, 1.165) is 17.5 Å². The van der Waals surface area contributed by atoms with Crippen molar-refractivity contribution >= 4 is 22.5 Å². The van der Waals surface area contributed by atoms with E-state index in [1.807, 2.05) is 16.7 Å². The Morgan fingerprint density at radius 2 is 2.00 bits per heavy atom. The van der Waals surface area contributed by atoms with Gasteiger partial charge in [-0.3, -0.25) is 9.59 Å². The quantitative estimate of drug-likeness (QED) is 0.770. The maximum absolute atomic E-state index is 12.9. The van der Waals surface area contributed by atoms with Crippen LogP contribution in [0.2, 0.25) is 0 Å². The number of anilines is 1. The van der Waals surface area contributed by atoms with Crippen LogP contribution in [-0.2, 0) is 6.42 Å². The Balaban J connectivity index is 1.80. The molecule has 0 unspecified atom stereocenters. The second kappa shape index (κ2) is 6.46. The van der Waals surface area contributed by atoms with Crippen molar-refractivity contribution in [2.45, 2.75) is 19.4 Å². The van der Waals surface area contributed by atoms with E-state index in [-0.39, 0.29) is 17.0 Å². The Morgan fingerprint density at radius 3 is 2.74 bits per heavy atom. The predicted molar refractivity (Wildman–Crippen MR) is 104 cm³/mol. The Kier molecular flexibility index (Phi) is 4.11. The smallest absolute Gasteiger partial charge is 0.261 e. The lowest BCUT2D eigenvalue weighted by molar-refractivity contribution is 0.102. The molecular formula is C21H20N2O4. The molecule has 0 radical (unpaired) electrons. The highest BCUT2D eigenvalue weighted by Gasteiger charge is 2.24. The van der Waals surface area contributed by atoms with Crippen LogP contribution in [-0.4, -0.2) is 24.7 Å². The number of carbonyl (C=O) groups excluding carboxylic acids is 1. The molecule has 0 saturated carbocycles. The van der Waals surface area contributed by atoms with Gasteiger partial charge in [-0.1, -0.05) is 12.1 Å². The topological polar surface area (TPSA) is 69.6 Å². The monoisotopic (exact) mass is 364 g/mol. The largest absolute Gasteiger partial charge is 0.497 e. The first-order valence-corrected chi connectivity index (χ1v) is 8.73. The number of nitrogens with one attached hydrogen (secondary N) is 1. The summed E-state index contributed by atoms with van der Waals surface area (Å²) in [5, 5.41) is 3.36. The normalized spacial score (nSPS) is 15.0. The lowest BCUT2D eigenvalue weighted by atomic mass is 10.1. The van der Waals surface area contributed by atoms with E-state index in [1.165, 1.54) is 7.11 Å². The minimum Gasteiger partial charge on any atom is -0.497 e. The third-order valence-electron chi connectivity index (χ3n) is 5.02. The van der Waals surface area contributed by atoms with Crippen LogP contribution in [0.15, 0.2) is 47.4 Å². The highest BCUT2D eigenvalue weighted by molar-refractivity contribution is 6.06. The van der Waals surface area contributed by atoms with Gasteiger partial charge in [0.25, 0.3) is 5.91 Å². The molecule has 1 aliphatic heterocycles. The summed E-state index contributed by atoms with van der Waals surface area (Å²) in [6.07, 6.45) is 2.51. The number of benzene rings is 2. The predicted octanol–water partition coefficient (Wildman–Crippen LogP) is 3.39. The molecule has 1 amide bonds. The number of hydrogen-bond donors (Lipinski definition) is 1. The van der Waals surface area contributed by atoms with E-state index in [2.05, 4.69) is 12.2 Å². The number of aromatic nitrogens is 1. The maximum Gasteiger partial charge on any atom is 0.261 e. The molecule has 0 bridgehead atoms. The summed E-state index contributed by atoms with van der Waals surface area (Å²) in [7, 11) is 3.07. The molecule has 6 nitrogen and oxygen atoms in total. The molecule has 138 valence electrons. The minimum absolute atomic E-state index is 0.110. The van der Waals surface area contributed by atoms with Crippen LogP contribution in [0, 0.1) is 0 Å². The van der Waals surface area contributed by atoms with Crippen LogP contribution in [0.5, 0.6) is 11.5 Å². The van der Waals surface area contributed by atoms with Crippen LogP contribution in [0.3, 0.4) is 0 Å². The first-order chi connectivity index (χ1) is 13.0. The van der Waals surface area contributed by atoms with Gasteiger partial charge in [0.05, 0.1) is 25.4 Å². The highest BCUT2D eigenvalue weighted by atomic mass is 16.5. The molecule has 0 fully saturated rings. The van der Waals surface area contributed by atoms with E-state index in [1.54, 1.807) is 37.6 Å². The molecule has 0 saturated heterocycles. The number of rotatable bonds is 4. The van der Waals surface area contributed by atoms with Gasteiger partial charge in [-0.15, -0.1) is 0 Å². The van der Waals surface area contributed by atoms with E-state index in [0.29, 0.717) is 22.6 Å². The fourth-order valence-electron chi connectivity index (χ4n) is 3.68. The average molecular weight is 364 g/mol. The molecule has 1 aromatic heterocycles. The van der Waals surface area contributed by atoms with Crippen LogP contribution >= 0.6 is 0 Å². The first-order valence-electron chi connectivity index (χ1n) is 8.73. The summed E-state index contributed by atoms with van der Waals surface area (Å²) in [5.74, 6) is 0.602. The molecule has 0 aliphatic carbocycles. The van der Waals surface area contributed by atoms with Crippen molar-refractivity contribution in [1.82, 2.24) is 4.57 Å². The highest BCUT2D eigenvalue weighted by Crippen LogP contribution is 2.32. The second-order valence-electron chi connectivity index (χ2n) is 6.67. The van der Waals surface area contributed by atoms with Gasteiger partial charge in [-0.2, -0.15) is 0 Å². The zero-order valence-electron chi connectivity index (χ0n) is 15.4. The van der Waals surface area contributed by atoms with Crippen molar-refractivity contribution in [2.24, 2.45) is 0 Å². The van der Waals surface area contributed by atoms with Crippen LogP contribution in [0.1, 0.15) is 28.9 Å². The van der Waals surface area contributed by atoms with Crippen molar-refractivity contribution in [3.63, 3.8) is 0 Å². The number of methoxy groups -OCH3 is 2. The Bertz CT molecular complexity index is 1120. The van der Waals surface area contributed by atoms with Gasteiger partial charge in [-0.25, -0.2) is 0 Å². The SMILES string of the molecule is COc1ccc(OC)c(NC(=O)c2cn3c4c(cccc4c2=O)C[C@@H]3C)c1. The van der Waals surface area contributed by atoms with Gasteiger partial charge < -0.3 is 19.4 Å². The van der Waals surface area contributed by atoms with Crippen LogP contribution in [0.25, 0.3) is 10.9 Å². The number of pyridine rings is 1. The summed E-state index contributed by atoms with van der Waals surface area (Å²) < 4.78 is 12.5. The molecule has 1 N–H and O–H groups in total. The standard InChI is InChI=1S/C21H20N2O4/c1-12-9-13-5-4-6-15-19(13)23(12)11-16(20(15)24)21(25)22-17-10-14(26-2)7-8-18(17)27-3/h4-8,10-12H,9H2,1-3H3,(H,22,25)/t12-/m0/s1. The molecule has 1 aliphatic rings. The van der Waals surface area contributed by atoms with Gasteiger partial charge >= 0.3 is 0 Å². The Morgan fingerprint density at radius 1 is 1.19 bits per heavy atom. The maximum atomic E-state index is 12.9. The molecule has 2 aromatic carbocycles. The molecule has 27 heavy (non-hydrogen) atoms. The zero-order chi connectivity index (χ0) is 19.1. The van der Waals surface area contributed by atoms with Crippen LogP contribution < -0.4 is 20.2 Å². The van der Waals surface area contributed by atoms with Crippen molar-refractivity contribution in [3.05, 3.63) is 63.9 Å². The molecule has 0 spiro atoms. The van der Waals surface area contributed by atoms with Crippen molar-refractivity contribution in [3.8, 4) is 11.5 Å². The lowest BCUT2D eigenvalue weighted by Gasteiger charge is -2.14. The van der Waals surface area contributed by atoms with Gasteiger partial charge in [0.15, 0.2) is 0 Å². The number of amides is 1. The van der Waals surface area contributed by atoms with Gasteiger partial charge in [-0.05, 0) is 37.1 Å². The minimum atomic E-state index is -0.471. The zero-order valence-corrected chi connectivity index (χ0v) is 15.4. The molecule has 2 heterocycles. The number of carbonyl (C=O) groups is 1. The molecule has 3 aromatic rings. The van der Waals surface area contributed by atoms with Gasteiger partial charge in [0.1, 0.15) is 17.1 Å². The molecular weight excluding hydrogens is 344 g/mol. The third kappa shape index (κ3) is 2.73. The van der Waals surface area contributed by atoms with Crippen molar-refractivity contribution < 1.29 is 14.3 Å². The van der Waals surface area contributed by atoms with E-state index in [4.69, 9.17) is 9.47 Å². The second-order valence-corrected chi connectivity index (χ2v) is 6.67. The van der Waals surface area contributed by atoms with Crippen molar-refractivity contribution in [2.75, 3.05) is 19.5 Å². The Labute approximate surface area is 156 Å². The fourth-order valence-corrected chi connectivity index (χ4v) is 3.68. The fraction of sp³-hybridized carbons (Fsp3) is 0.238. The number of ether oxygens (including phenoxy) is 2. The first kappa shape index (κ1) is 17.1. The molecule has 6 heteroatoms. The molecule has 4 rings (SSSR count). The number of nitrogens with zero attached hydrogens (tertiary/aromatic N) is 1. The molecule has 1 atom stereocenters. The summed E-state index contributed by atoms with van der Waals surface area (Å²) in [5.41, 5.74) is 2.35. The van der Waals surface area contributed by atoms with E-state index in [9.17, 15) is 9.59 Å². The lowest BCUT2D eigenvalue weighted by Crippen LogP contribution is -2.24. The van der Waals surface area contributed by atoms with Gasteiger partial charge in [0.2, 0.25) is 5.43 Å². The van der Waals surface area contributed by atoms with E-state index >= 15 is 0 Å². The number of para-hydroxylation sites is 1. The summed E-state index contributed by atoms with van der Waals surface area (Å²) in [6, 6.07) is 11.0. The summed E-state index contributed by atoms with van der Waals surface area (Å²) >= 11 is 0. The summed E-state index contributed by atoms with van der Waals surface area (Å²) in [6.45, 7) is 2.08. The van der Waals surface area contributed by atoms with E-state index < -0.39 is 5.91 Å². The number of hydrogen-bond acceptors (Lipinski definition) is 4. The van der Waals surface area contributed by atoms with Gasteiger partial charge in [0, 0.05) is 23.7 Å². The van der Waals surface area contributed by atoms with Crippen molar-refractivity contribution in [1.29, 1.82) is 0 Å². The average Bonchev–Trinajstić information content (AvgIpc) is 3.00.